The zero-order valence-corrected chi connectivity index (χ0v) is 22.9. The van der Waals surface area contributed by atoms with E-state index in [2.05, 4.69) is 15.3 Å². The topological polar surface area (TPSA) is 93.7 Å². The lowest BCUT2D eigenvalue weighted by Gasteiger charge is -2.54. The Hall–Kier alpha value is -2.47. The molecule has 35 heavy (non-hydrogen) atoms. The van der Waals surface area contributed by atoms with Crippen molar-refractivity contribution in [3.05, 3.63) is 64.4 Å². The van der Waals surface area contributed by atoms with Crippen molar-refractivity contribution >= 4 is 42.7 Å². The summed E-state index contributed by atoms with van der Waals surface area (Å²) in [6.07, 6.45) is 4.74. The first-order valence-corrected chi connectivity index (χ1v) is 12.6. The highest BCUT2D eigenvalue weighted by Gasteiger charge is 2.54. The summed E-state index contributed by atoms with van der Waals surface area (Å²) >= 11 is 1.88. The van der Waals surface area contributed by atoms with Crippen molar-refractivity contribution in [1.29, 1.82) is 0 Å². The van der Waals surface area contributed by atoms with E-state index in [0.717, 1.165) is 22.5 Å². The van der Waals surface area contributed by atoms with Crippen LogP contribution in [-0.4, -0.2) is 59.8 Å². The molecule has 10 heteroatoms. The molecule has 0 spiro atoms. The Morgan fingerprint density at radius 3 is 2.60 bits per heavy atom. The average molecular weight is 588 g/mol. The Morgan fingerprint density at radius 2 is 2.00 bits per heavy atom. The van der Waals surface area contributed by atoms with Crippen molar-refractivity contribution in [3.63, 3.8) is 0 Å². The maximum absolute atomic E-state index is 13.1. The standard InChI is InChI=1S/C25H30BIN4O4/c1-14-5-6-18(7-15(14)2)34-13-23(32)30-25-9-17(10-25)21(8-22(25)35-27)31(4)24(33)20-12-28-19(11-29-20)16(3)26/h5-7,11-12,16,22H,8-10,13,26H2,1-4H3,(H,30,32). The van der Waals surface area contributed by atoms with Gasteiger partial charge in [0.15, 0.2) is 6.61 Å². The van der Waals surface area contributed by atoms with E-state index in [-0.39, 0.29) is 30.3 Å². The number of carbonyl (C=O) groups is 2. The highest BCUT2D eigenvalue weighted by Crippen LogP contribution is 2.51. The number of rotatable bonds is 8. The summed E-state index contributed by atoms with van der Waals surface area (Å²) in [5.74, 6) is 0.535. The lowest BCUT2D eigenvalue weighted by atomic mass is 9.62. The molecule has 3 aliphatic carbocycles. The van der Waals surface area contributed by atoms with Gasteiger partial charge in [0.25, 0.3) is 11.8 Å². The van der Waals surface area contributed by atoms with Crippen molar-refractivity contribution in [2.45, 2.75) is 57.5 Å². The third-order valence-electron chi connectivity index (χ3n) is 7.00. The highest BCUT2D eigenvalue weighted by molar-refractivity contribution is 14.1. The van der Waals surface area contributed by atoms with E-state index in [1.54, 1.807) is 18.1 Å². The Kier molecular flexibility index (Phi) is 7.51. The number of benzene rings is 1. The van der Waals surface area contributed by atoms with Gasteiger partial charge < -0.3 is 18.0 Å². The van der Waals surface area contributed by atoms with Crippen LogP contribution in [0.2, 0.25) is 0 Å². The number of aromatic nitrogens is 2. The Balaban J connectivity index is 1.40. The van der Waals surface area contributed by atoms with Crippen molar-refractivity contribution in [2.24, 2.45) is 0 Å². The zero-order valence-electron chi connectivity index (χ0n) is 20.7. The summed E-state index contributed by atoms with van der Waals surface area (Å²) in [6.45, 7) is 6.02. The number of nitrogens with zero attached hydrogens (tertiary/aromatic N) is 3. The molecule has 2 atom stereocenters. The molecule has 1 heterocycles. The number of carbonyl (C=O) groups excluding carboxylic acids is 2. The molecule has 0 radical (unpaired) electrons. The third-order valence-corrected chi connectivity index (χ3v) is 7.61. The summed E-state index contributed by atoms with van der Waals surface area (Å²) < 4.78 is 11.5. The van der Waals surface area contributed by atoms with Crippen LogP contribution in [0.3, 0.4) is 0 Å². The van der Waals surface area contributed by atoms with Gasteiger partial charge in [0.2, 0.25) is 0 Å². The molecule has 184 valence electrons. The van der Waals surface area contributed by atoms with Gasteiger partial charge in [-0.15, -0.1) is 0 Å². The van der Waals surface area contributed by atoms with Crippen LogP contribution in [0.15, 0.2) is 41.9 Å². The number of aryl methyl sites for hydroxylation is 2. The van der Waals surface area contributed by atoms with Crippen LogP contribution in [0.1, 0.15) is 59.3 Å². The quantitative estimate of drug-likeness (QED) is 0.377. The van der Waals surface area contributed by atoms with Crippen LogP contribution in [0.5, 0.6) is 5.75 Å². The van der Waals surface area contributed by atoms with Crippen LogP contribution in [0.4, 0.5) is 0 Å². The molecule has 5 rings (SSSR count). The van der Waals surface area contributed by atoms with Crippen LogP contribution < -0.4 is 10.1 Å². The van der Waals surface area contributed by atoms with Crippen molar-refractivity contribution in [3.8, 4) is 5.75 Å². The molecule has 0 aliphatic heterocycles. The first-order chi connectivity index (χ1) is 16.6. The summed E-state index contributed by atoms with van der Waals surface area (Å²) in [5, 5.41) is 3.14. The van der Waals surface area contributed by atoms with Gasteiger partial charge >= 0.3 is 0 Å². The Morgan fingerprint density at radius 1 is 1.26 bits per heavy atom. The van der Waals surface area contributed by atoms with Gasteiger partial charge in [0, 0.05) is 25.4 Å². The number of hydrogen-bond acceptors (Lipinski definition) is 6. The molecule has 1 saturated carbocycles. The molecule has 2 bridgehead atoms. The van der Waals surface area contributed by atoms with Crippen LogP contribution in [-0.2, 0) is 7.86 Å². The fourth-order valence-electron chi connectivity index (χ4n) is 4.62. The van der Waals surface area contributed by atoms with Gasteiger partial charge in [-0.05, 0) is 61.3 Å². The van der Waals surface area contributed by atoms with Crippen molar-refractivity contribution < 1.29 is 17.4 Å². The molecule has 3 aliphatic rings. The molecule has 1 aromatic heterocycles. The van der Waals surface area contributed by atoms with Crippen LogP contribution in [0.25, 0.3) is 0 Å². The van der Waals surface area contributed by atoms with Crippen LogP contribution >= 0.6 is 23.0 Å². The number of halogens is 1. The molecule has 2 unspecified atom stereocenters. The lowest BCUT2D eigenvalue weighted by molar-refractivity contribution is -0.127. The predicted octanol–water partition coefficient (Wildman–Crippen LogP) is 2.98. The SMILES string of the molecule is BC(C)c1cnc(C(=O)N(C)C2=C3CC(NC(=O)COc4ccc(C)c(C)c4)(C3)C(OI)C2)cn1. The second kappa shape index (κ2) is 10.3. The van der Waals surface area contributed by atoms with Gasteiger partial charge in [0.05, 0.1) is 23.5 Å². The monoisotopic (exact) mass is 588 g/mol. The molecule has 0 saturated heterocycles. The van der Waals surface area contributed by atoms with Crippen molar-refractivity contribution in [2.75, 3.05) is 13.7 Å². The Bertz CT molecular complexity index is 1160. The van der Waals surface area contributed by atoms with Gasteiger partial charge in [-0.2, -0.15) is 0 Å². The summed E-state index contributed by atoms with van der Waals surface area (Å²) in [7, 11) is 3.79. The number of nitrogens with one attached hydrogen (secondary N) is 1. The zero-order chi connectivity index (χ0) is 25.3. The maximum atomic E-state index is 13.1. The average Bonchev–Trinajstić information content (AvgIpc) is 2.83. The van der Waals surface area contributed by atoms with Gasteiger partial charge in [-0.25, -0.2) is 4.98 Å². The fraction of sp³-hybridized carbons (Fsp3) is 0.440. The van der Waals surface area contributed by atoms with Crippen LogP contribution in [0, 0.1) is 13.8 Å². The largest absolute Gasteiger partial charge is 0.484 e. The van der Waals surface area contributed by atoms with E-state index in [1.165, 1.54) is 11.8 Å². The first-order valence-electron chi connectivity index (χ1n) is 11.7. The second-order valence-electron chi connectivity index (χ2n) is 9.77. The van der Waals surface area contributed by atoms with E-state index < -0.39 is 5.54 Å². The lowest BCUT2D eigenvalue weighted by Crippen LogP contribution is -2.66. The minimum atomic E-state index is -0.480. The molecular weight excluding hydrogens is 558 g/mol. The fourth-order valence-corrected chi connectivity index (χ4v) is 5.29. The van der Waals surface area contributed by atoms with E-state index >= 15 is 0 Å². The summed E-state index contributed by atoms with van der Waals surface area (Å²) in [6, 6.07) is 5.78. The molecule has 1 N–H and O–H groups in total. The van der Waals surface area contributed by atoms with E-state index in [9.17, 15) is 9.59 Å². The Labute approximate surface area is 221 Å². The summed E-state index contributed by atoms with van der Waals surface area (Å²) in [5.41, 5.74) is 5.05. The van der Waals surface area contributed by atoms with Gasteiger partial charge in [-0.3, -0.25) is 14.6 Å². The van der Waals surface area contributed by atoms with E-state index in [0.29, 0.717) is 30.7 Å². The number of ether oxygens (including phenoxy) is 1. The number of hydrogen-bond donors (Lipinski definition) is 1. The van der Waals surface area contributed by atoms with E-state index in [4.69, 9.17) is 7.80 Å². The van der Waals surface area contributed by atoms with E-state index in [1.807, 2.05) is 69.8 Å². The van der Waals surface area contributed by atoms with Crippen molar-refractivity contribution in [1.82, 2.24) is 20.2 Å². The minimum absolute atomic E-state index is 0.0620. The number of amides is 2. The summed E-state index contributed by atoms with van der Waals surface area (Å²) in [4.78, 5) is 36.1. The normalized spacial score (nSPS) is 21.7. The molecule has 1 fully saturated rings. The van der Waals surface area contributed by atoms with Gasteiger partial charge in [-0.1, -0.05) is 13.0 Å². The molecule has 8 nitrogen and oxygen atoms in total. The molecule has 2 aromatic rings. The molecule has 1 aromatic carbocycles. The smallest absolute Gasteiger partial charge is 0.277 e. The van der Waals surface area contributed by atoms with Gasteiger partial charge in [0.1, 0.15) is 42.3 Å². The predicted molar refractivity (Wildman–Crippen MR) is 143 cm³/mol. The highest BCUT2D eigenvalue weighted by atomic mass is 127. The minimum Gasteiger partial charge on any atom is -0.484 e. The number of fused-ring (bicyclic) bond motifs is 2. The molecule has 2 amide bonds. The second-order valence-corrected chi connectivity index (χ2v) is 10.3. The molecular formula is C25H30BIN4O4. The first kappa shape index (κ1) is 25.6. The maximum Gasteiger partial charge on any atom is 0.277 e. The third kappa shape index (κ3) is 5.23.